The lowest BCUT2D eigenvalue weighted by molar-refractivity contribution is -0.119. The van der Waals surface area contributed by atoms with Crippen molar-refractivity contribution in [2.45, 2.75) is 12.5 Å². The number of anilines is 1. The maximum absolute atomic E-state index is 12.9. The lowest BCUT2D eigenvalue weighted by Gasteiger charge is -2.19. The number of ketones is 1. The number of benzene rings is 2. The summed E-state index contributed by atoms with van der Waals surface area (Å²) in [5.74, 6) is 0.0240. The predicted octanol–water partition coefficient (Wildman–Crippen LogP) is 5.35. The van der Waals surface area contributed by atoms with Crippen LogP contribution in [-0.4, -0.2) is 10.8 Å². The highest BCUT2D eigenvalue weighted by molar-refractivity contribution is 6.42. The normalized spacial score (nSPS) is 11.8. The van der Waals surface area contributed by atoms with Crippen LogP contribution in [0.15, 0.2) is 72.9 Å². The summed E-state index contributed by atoms with van der Waals surface area (Å²) >= 11 is 12.1. The molecular formula is C20H16Cl2N2O. The Balaban J connectivity index is 1.87. The van der Waals surface area contributed by atoms with Gasteiger partial charge in [0.15, 0.2) is 5.78 Å². The van der Waals surface area contributed by atoms with E-state index in [-0.39, 0.29) is 12.2 Å². The molecule has 0 fully saturated rings. The van der Waals surface area contributed by atoms with Gasteiger partial charge < -0.3 is 5.32 Å². The van der Waals surface area contributed by atoms with E-state index in [2.05, 4.69) is 10.3 Å². The van der Waals surface area contributed by atoms with Crippen molar-refractivity contribution < 1.29 is 4.79 Å². The SMILES string of the molecule is O=C(Cc1ccccn1)C(Nc1ccc(Cl)c(Cl)c1)c1ccccc1. The van der Waals surface area contributed by atoms with Crippen LogP contribution in [0.4, 0.5) is 5.69 Å². The highest BCUT2D eigenvalue weighted by Gasteiger charge is 2.21. The van der Waals surface area contributed by atoms with E-state index in [0.717, 1.165) is 16.9 Å². The summed E-state index contributed by atoms with van der Waals surface area (Å²) in [6.45, 7) is 0. The second kappa shape index (κ2) is 8.15. The van der Waals surface area contributed by atoms with Gasteiger partial charge in [-0.1, -0.05) is 59.6 Å². The third-order valence-corrected chi connectivity index (χ3v) is 4.51. The number of nitrogens with zero attached hydrogens (tertiary/aromatic N) is 1. The van der Waals surface area contributed by atoms with Gasteiger partial charge >= 0.3 is 0 Å². The average Bonchev–Trinajstić information content (AvgIpc) is 2.64. The van der Waals surface area contributed by atoms with Crippen molar-refractivity contribution in [2.75, 3.05) is 5.32 Å². The molecule has 1 heterocycles. The molecule has 0 aliphatic rings. The van der Waals surface area contributed by atoms with Gasteiger partial charge in [-0.15, -0.1) is 0 Å². The molecule has 1 aromatic heterocycles. The summed E-state index contributed by atoms with van der Waals surface area (Å²) in [5.41, 5.74) is 2.36. The fraction of sp³-hybridized carbons (Fsp3) is 0.100. The molecule has 0 saturated carbocycles. The molecule has 3 aromatic rings. The predicted molar refractivity (Wildman–Crippen MR) is 102 cm³/mol. The number of hydrogen-bond acceptors (Lipinski definition) is 3. The van der Waals surface area contributed by atoms with E-state index in [1.54, 1.807) is 24.4 Å². The smallest absolute Gasteiger partial charge is 0.165 e. The molecule has 0 saturated heterocycles. The van der Waals surface area contributed by atoms with Crippen LogP contribution in [0.5, 0.6) is 0 Å². The van der Waals surface area contributed by atoms with Crippen molar-refractivity contribution in [1.29, 1.82) is 0 Å². The molecule has 25 heavy (non-hydrogen) atoms. The van der Waals surface area contributed by atoms with E-state index in [9.17, 15) is 4.79 Å². The van der Waals surface area contributed by atoms with Gasteiger partial charge in [-0.2, -0.15) is 0 Å². The first-order valence-corrected chi connectivity index (χ1v) is 8.58. The second-order valence-corrected chi connectivity index (χ2v) is 6.40. The summed E-state index contributed by atoms with van der Waals surface area (Å²) in [6, 6.07) is 19.9. The van der Waals surface area contributed by atoms with Gasteiger partial charge in [0.1, 0.15) is 6.04 Å². The molecule has 0 aliphatic heterocycles. The molecule has 126 valence electrons. The van der Waals surface area contributed by atoms with Gasteiger partial charge in [-0.05, 0) is 35.9 Å². The Morgan fingerprint density at radius 1 is 0.960 bits per heavy atom. The highest BCUT2D eigenvalue weighted by Crippen LogP contribution is 2.28. The van der Waals surface area contributed by atoms with Crippen LogP contribution in [0.2, 0.25) is 10.0 Å². The first kappa shape index (κ1) is 17.5. The molecule has 0 aliphatic carbocycles. The van der Waals surface area contributed by atoms with Crippen LogP contribution < -0.4 is 5.32 Å². The number of pyridine rings is 1. The maximum Gasteiger partial charge on any atom is 0.165 e. The van der Waals surface area contributed by atoms with Crippen LogP contribution in [0.25, 0.3) is 0 Å². The van der Waals surface area contributed by atoms with Crippen LogP contribution in [0, 0.1) is 0 Å². The molecular weight excluding hydrogens is 355 g/mol. The molecule has 2 aromatic carbocycles. The van der Waals surface area contributed by atoms with E-state index in [4.69, 9.17) is 23.2 Å². The zero-order chi connectivity index (χ0) is 17.6. The van der Waals surface area contributed by atoms with Gasteiger partial charge in [0.2, 0.25) is 0 Å². The Morgan fingerprint density at radius 3 is 2.40 bits per heavy atom. The quantitative estimate of drug-likeness (QED) is 0.635. The van der Waals surface area contributed by atoms with E-state index in [1.165, 1.54) is 0 Å². The molecule has 0 bridgehead atoms. The minimum Gasteiger partial charge on any atom is -0.372 e. The number of carbonyl (C=O) groups excluding carboxylic acids is 1. The van der Waals surface area contributed by atoms with Crippen molar-refractivity contribution in [1.82, 2.24) is 4.98 Å². The third-order valence-electron chi connectivity index (χ3n) is 3.77. The summed E-state index contributed by atoms with van der Waals surface area (Å²) in [4.78, 5) is 17.1. The Kier molecular flexibility index (Phi) is 5.69. The van der Waals surface area contributed by atoms with Crippen molar-refractivity contribution in [3.8, 4) is 0 Å². The van der Waals surface area contributed by atoms with Crippen molar-refractivity contribution in [3.63, 3.8) is 0 Å². The van der Waals surface area contributed by atoms with Crippen LogP contribution in [0.1, 0.15) is 17.3 Å². The van der Waals surface area contributed by atoms with Gasteiger partial charge in [0.05, 0.1) is 16.5 Å². The molecule has 1 atom stereocenters. The molecule has 3 rings (SSSR count). The zero-order valence-electron chi connectivity index (χ0n) is 13.3. The topological polar surface area (TPSA) is 42.0 Å². The molecule has 1 N–H and O–H groups in total. The van der Waals surface area contributed by atoms with E-state index < -0.39 is 6.04 Å². The Bertz CT molecular complexity index is 854. The second-order valence-electron chi connectivity index (χ2n) is 5.58. The van der Waals surface area contributed by atoms with Crippen LogP contribution >= 0.6 is 23.2 Å². The molecule has 0 spiro atoms. The zero-order valence-corrected chi connectivity index (χ0v) is 14.8. The first-order chi connectivity index (χ1) is 12.1. The number of rotatable bonds is 6. The monoisotopic (exact) mass is 370 g/mol. The summed E-state index contributed by atoms with van der Waals surface area (Å²) in [5, 5.41) is 4.18. The summed E-state index contributed by atoms with van der Waals surface area (Å²) in [7, 11) is 0. The number of Topliss-reactive ketones (excluding diaryl/α,β-unsaturated/α-hetero) is 1. The lowest BCUT2D eigenvalue weighted by Crippen LogP contribution is -2.23. The number of aromatic nitrogens is 1. The highest BCUT2D eigenvalue weighted by atomic mass is 35.5. The van der Waals surface area contributed by atoms with E-state index in [0.29, 0.717) is 10.0 Å². The van der Waals surface area contributed by atoms with Crippen LogP contribution in [-0.2, 0) is 11.2 Å². The largest absolute Gasteiger partial charge is 0.372 e. The summed E-state index contributed by atoms with van der Waals surface area (Å²) < 4.78 is 0. The fourth-order valence-corrected chi connectivity index (χ4v) is 2.83. The van der Waals surface area contributed by atoms with Crippen molar-refractivity contribution in [3.05, 3.63) is 94.2 Å². The van der Waals surface area contributed by atoms with Crippen molar-refractivity contribution >= 4 is 34.7 Å². The molecule has 3 nitrogen and oxygen atoms in total. The lowest BCUT2D eigenvalue weighted by atomic mass is 9.99. The number of hydrogen-bond donors (Lipinski definition) is 1. The average molecular weight is 371 g/mol. The van der Waals surface area contributed by atoms with Gasteiger partial charge in [-0.3, -0.25) is 9.78 Å². The van der Waals surface area contributed by atoms with Crippen molar-refractivity contribution in [2.24, 2.45) is 0 Å². The van der Waals surface area contributed by atoms with Gasteiger partial charge in [0.25, 0.3) is 0 Å². The van der Waals surface area contributed by atoms with Crippen LogP contribution in [0.3, 0.4) is 0 Å². The maximum atomic E-state index is 12.9. The Hall–Kier alpha value is -2.36. The standard InChI is InChI=1S/C20H16Cl2N2O/c21-17-10-9-16(12-18(17)22)24-20(14-6-2-1-3-7-14)19(25)13-15-8-4-5-11-23-15/h1-12,20,24H,13H2. The molecule has 1 unspecified atom stereocenters. The molecule has 0 radical (unpaired) electrons. The number of halogens is 2. The number of nitrogens with one attached hydrogen (secondary N) is 1. The minimum atomic E-state index is -0.500. The fourth-order valence-electron chi connectivity index (χ4n) is 2.53. The Morgan fingerprint density at radius 2 is 1.72 bits per heavy atom. The third kappa shape index (κ3) is 4.59. The van der Waals surface area contributed by atoms with Gasteiger partial charge in [0, 0.05) is 17.6 Å². The first-order valence-electron chi connectivity index (χ1n) is 7.82. The molecule has 0 amide bonds. The van der Waals surface area contributed by atoms with Gasteiger partial charge in [-0.25, -0.2) is 0 Å². The summed E-state index contributed by atoms with van der Waals surface area (Å²) in [6.07, 6.45) is 1.93. The Labute approximate surface area is 156 Å². The molecule has 5 heteroatoms. The van der Waals surface area contributed by atoms with E-state index >= 15 is 0 Å². The minimum absolute atomic E-state index is 0.0240. The number of carbonyl (C=O) groups is 1. The van der Waals surface area contributed by atoms with E-state index in [1.807, 2.05) is 48.5 Å².